The van der Waals surface area contributed by atoms with Gasteiger partial charge in [-0.3, -0.25) is 4.79 Å². The van der Waals surface area contributed by atoms with Gasteiger partial charge >= 0.3 is 6.36 Å². The van der Waals surface area contributed by atoms with Gasteiger partial charge in [-0.2, -0.15) is 0 Å². The molecule has 0 fully saturated rings. The predicted octanol–water partition coefficient (Wildman–Crippen LogP) is 4.58. The molecule has 20 heavy (non-hydrogen) atoms. The molecule has 0 N–H and O–H groups in total. The van der Waals surface area contributed by atoms with Crippen LogP contribution < -0.4 is 4.74 Å². The monoisotopic (exact) mass is 344 g/mol. The van der Waals surface area contributed by atoms with Crippen LogP contribution in [0.2, 0.25) is 0 Å². The lowest BCUT2D eigenvalue weighted by Gasteiger charge is -2.12. The molecule has 0 saturated heterocycles. The number of rotatable bonds is 3. The Labute approximate surface area is 121 Å². The molecule has 2 rings (SSSR count). The number of carbonyl (C=O) groups is 1. The molecule has 104 valence electrons. The van der Waals surface area contributed by atoms with E-state index in [0.29, 0.717) is 4.47 Å². The number of para-hydroxylation sites is 1. The zero-order valence-corrected chi connectivity index (χ0v) is 11.5. The highest BCUT2D eigenvalue weighted by atomic mass is 79.9. The number of carbonyl (C=O) groups excluding carboxylic acids is 1. The summed E-state index contributed by atoms with van der Waals surface area (Å²) in [6.45, 7) is 0. The molecule has 0 unspecified atom stereocenters. The molecule has 0 aliphatic rings. The van der Waals surface area contributed by atoms with Gasteiger partial charge in [-0.25, -0.2) is 0 Å². The molecule has 0 amide bonds. The van der Waals surface area contributed by atoms with Crippen molar-refractivity contribution in [1.82, 2.24) is 0 Å². The Morgan fingerprint density at radius 3 is 2.10 bits per heavy atom. The van der Waals surface area contributed by atoms with Crippen LogP contribution in [-0.4, -0.2) is 12.1 Å². The lowest BCUT2D eigenvalue weighted by Crippen LogP contribution is -2.19. The van der Waals surface area contributed by atoms with Gasteiger partial charge in [0.15, 0.2) is 5.78 Å². The maximum absolute atomic E-state index is 12.3. The van der Waals surface area contributed by atoms with Crippen molar-refractivity contribution < 1.29 is 22.7 Å². The summed E-state index contributed by atoms with van der Waals surface area (Å²) in [7, 11) is 0. The number of ether oxygens (including phenoxy) is 1. The summed E-state index contributed by atoms with van der Waals surface area (Å²) >= 11 is 3.20. The number of halogens is 4. The van der Waals surface area contributed by atoms with Crippen LogP contribution in [0, 0.1) is 0 Å². The second kappa shape index (κ2) is 5.66. The molecule has 0 atom stereocenters. The minimum atomic E-state index is -4.84. The van der Waals surface area contributed by atoms with E-state index in [1.54, 1.807) is 18.2 Å². The number of hydrogen-bond acceptors (Lipinski definition) is 2. The minimum Gasteiger partial charge on any atom is -0.405 e. The fraction of sp³-hybridized carbons (Fsp3) is 0.0714. The van der Waals surface area contributed by atoms with E-state index >= 15 is 0 Å². The molecule has 0 spiro atoms. The zero-order chi connectivity index (χ0) is 14.8. The van der Waals surface area contributed by atoms with Crippen molar-refractivity contribution in [1.29, 1.82) is 0 Å². The third kappa shape index (κ3) is 3.39. The Morgan fingerprint density at radius 2 is 1.50 bits per heavy atom. The summed E-state index contributed by atoms with van der Waals surface area (Å²) < 4.78 is 41.4. The van der Waals surface area contributed by atoms with Crippen molar-refractivity contribution in [3.05, 3.63) is 64.1 Å². The number of hydrogen-bond donors (Lipinski definition) is 0. The molecule has 0 heterocycles. The standard InChI is InChI=1S/C14H8BrF3O2/c15-11-7-3-1-5-9(11)13(19)10-6-2-4-8-12(10)20-14(16,17)18/h1-8H. The lowest BCUT2D eigenvalue weighted by atomic mass is 10.0. The molecule has 0 saturated carbocycles. The van der Waals surface area contributed by atoms with Gasteiger partial charge in [-0.05, 0) is 24.3 Å². The van der Waals surface area contributed by atoms with Crippen LogP contribution in [0.3, 0.4) is 0 Å². The van der Waals surface area contributed by atoms with Crippen LogP contribution in [0.15, 0.2) is 53.0 Å². The Balaban J connectivity index is 2.43. The summed E-state index contributed by atoms with van der Waals surface area (Å²) in [5.41, 5.74) is 0.127. The van der Waals surface area contributed by atoms with Crippen LogP contribution in [0.4, 0.5) is 13.2 Å². The van der Waals surface area contributed by atoms with Gasteiger partial charge in [0.05, 0.1) is 5.56 Å². The molecule has 0 aliphatic heterocycles. The lowest BCUT2D eigenvalue weighted by molar-refractivity contribution is -0.274. The number of benzene rings is 2. The van der Waals surface area contributed by atoms with Crippen LogP contribution in [0.5, 0.6) is 5.75 Å². The van der Waals surface area contributed by atoms with E-state index in [-0.39, 0.29) is 11.1 Å². The molecule has 2 aromatic carbocycles. The average Bonchev–Trinajstić information content (AvgIpc) is 2.37. The largest absolute Gasteiger partial charge is 0.573 e. The first-order valence-electron chi connectivity index (χ1n) is 5.52. The normalized spacial score (nSPS) is 11.2. The molecule has 0 bridgehead atoms. The molecule has 2 aromatic rings. The predicted molar refractivity (Wildman–Crippen MR) is 70.7 cm³/mol. The third-order valence-corrected chi connectivity index (χ3v) is 3.17. The van der Waals surface area contributed by atoms with Gasteiger partial charge in [0.2, 0.25) is 0 Å². The van der Waals surface area contributed by atoms with E-state index in [0.717, 1.165) is 6.07 Å². The van der Waals surface area contributed by atoms with E-state index in [1.807, 2.05) is 0 Å². The van der Waals surface area contributed by atoms with Crippen molar-refractivity contribution in [3.8, 4) is 5.75 Å². The zero-order valence-electron chi connectivity index (χ0n) is 9.95. The molecule has 0 radical (unpaired) electrons. The van der Waals surface area contributed by atoms with Gasteiger partial charge in [0, 0.05) is 10.0 Å². The first-order valence-corrected chi connectivity index (χ1v) is 6.32. The van der Waals surface area contributed by atoms with Crippen molar-refractivity contribution in [2.45, 2.75) is 6.36 Å². The van der Waals surface area contributed by atoms with Gasteiger partial charge in [0.1, 0.15) is 5.75 Å². The third-order valence-electron chi connectivity index (χ3n) is 2.48. The fourth-order valence-electron chi connectivity index (χ4n) is 1.66. The second-order valence-electron chi connectivity index (χ2n) is 3.85. The van der Waals surface area contributed by atoms with Crippen molar-refractivity contribution in [2.24, 2.45) is 0 Å². The number of ketones is 1. The quantitative estimate of drug-likeness (QED) is 0.762. The van der Waals surface area contributed by atoms with Gasteiger partial charge in [0.25, 0.3) is 0 Å². The highest BCUT2D eigenvalue weighted by Crippen LogP contribution is 2.29. The highest BCUT2D eigenvalue weighted by Gasteiger charge is 2.33. The molecule has 6 heteroatoms. The Bertz CT molecular complexity index is 638. The van der Waals surface area contributed by atoms with E-state index in [9.17, 15) is 18.0 Å². The van der Waals surface area contributed by atoms with Crippen LogP contribution in [0.1, 0.15) is 15.9 Å². The van der Waals surface area contributed by atoms with E-state index < -0.39 is 17.9 Å². The van der Waals surface area contributed by atoms with E-state index in [2.05, 4.69) is 20.7 Å². The second-order valence-corrected chi connectivity index (χ2v) is 4.71. The topological polar surface area (TPSA) is 26.3 Å². The number of alkyl halides is 3. The Morgan fingerprint density at radius 1 is 0.950 bits per heavy atom. The maximum atomic E-state index is 12.3. The molecule has 0 aromatic heterocycles. The molecule has 0 aliphatic carbocycles. The van der Waals surface area contributed by atoms with E-state index in [1.165, 1.54) is 24.3 Å². The fourth-order valence-corrected chi connectivity index (χ4v) is 2.12. The Kier molecular flexibility index (Phi) is 4.13. The average molecular weight is 345 g/mol. The Hall–Kier alpha value is -1.82. The van der Waals surface area contributed by atoms with Crippen molar-refractivity contribution in [2.75, 3.05) is 0 Å². The summed E-state index contributed by atoms with van der Waals surface area (Å²) in [5, 5.41) is 0. The van der Waals surface area contributed by atoms with Gasteiger partial charge in [-0.1, -0.05) is 40.2 Å². The van der Waals surface area contributed by atoms with Crippen molar-refractivity contribution >= 4 is 21.7 Å². The van der Waals surface area contributed by atoms with Gasteiger partial charge < -0.3 is 4.74 Å². The summed E-state index contributed by atoms with van der Waals surface area (Å²) in [6, 6.07) is 11.8. The summed E-state index contributed by atoms with van der Waals surface area (Å²) in [6.07, 6.45) is -4.84. The van der Waals surface area contributed by atoms with Gasteiger partial charge in [-0.15, -0.1) is 13.2 Å². The summed E-state index contributed by atoms with van der Waals surface area (Å²) in [4.78, 5) is 12.3. The summed E-state index contributed by atoms with van der Waals surface area (Å²) in [5.74, 6) is -1.06. The molecule has 2 nitrogen and oxygen atoms in total. The molecular formula is C14H8BrF3O2. The van der Waals surface area contributed by atoms with Crippen LogP contribution in [0.25, 0.3) is 0 Å². The smallest absolute Gasteiger partial charge is 0.405 e. The first-order chi connectivity index (χ1) is 9.38. The van der Waals surface area contributed by atoms with E-state index in [4.69, 9.17) is 0 Å². The maximum Gasteiger partial charge on any atom is 0.573 e. The first kappa shape index (κ1) is 14.6. The highest BCUT2D eigenvalue weighted by molar-refractivity contribution is 9.10. The van der Waals surface area contributed by atoms with Crippen LogP contribution >= 0.6 is 15.9 Å². The SMILES string of the molecule is O=C(c1ccccc1Br)c1ccccc1OC(F)(F)F. The minimum absolute atomic E-state index is 0.142. The van der Waals surface area contributed by atoms with Crippen LogP contribution in [-0.2, 0) is 0 Å². The van der Waals surface area contributed by atoms with Crippen molar-refractivity contribution in [3.63, 3.8) is 0 Å². The molecular weight excluding hydrogens is 337 g/mol.